The first-order valence-electron chi connectivity index (χ1n) is 5.86. The SMILES string of the molecule is CCOC(=O)C(C)(CC1(C)CO1)C(=O)OCC. The summed E-state index contributed by atoms with van der Waals surface area (Å²) in [6, 6.07) is 0. The number of rotatable bonds is 6. The lowest BCUT2D eigenvalue weighted by molar-refractivity contribution is -0.172. The van der Waals surface area contributed by atoms with Crippen molar-refractivity contribution in [3.05, 3.63) is 0 Å². The second-order valence-electron chi connectivity index (χ2n) is 4.69. The van der Waals surface area contributed by atoms with Crippen LogP contribution in [0.2, 0.25) is 0 Å². The molecular formula is C12H20O5. The second kappa shape index (κ2) is 5.04. The quantitative estimate of drug-likeness (QED) is 0.400. The highest BCUT2D eigenvalue weighted by Gasteiger charge is 2.54. The average molecular weight is 244 g/mol. The van der Waals surface area contributed by atoms with Crippen molar-refractivity contribution in [3.8, 4) is 0 Å². The van der Waals surface area contributed by atoms with Crippen LogP contribution in [0.15, 0.2) is 0 Å². The van der Waals surface area contributed by atoms with Crippen molar-refractivity contribution in [2.75, 3.05) is 19.8 Å². The van der Waals surface area contributed by atoms with E-state index >= 15 is 0 Å². The minimum Gasteiger partial charge on any atom is -0.465 e. The molecule has 1 atom stereocenters. The van der Waals surface area contributed by atoms with E-state index < -0.39 is 23.0 Å². The van der Waals surface area contributed by atoms with Crippen LogP contribution in [0.1, 0.15) is 34.1 Å². The smallest absolute Gasteiger partial charge is 0.323 e. The van der Waals surface area contributed by atoms with Gasteiger partial charge in [0.1, 0.15) is 0 Å². The molecule has 0 spiro atoms. The van der Waals surface area contributed by atoms with Crippen LogP contribution in [0.3, 0.4) is 0 Å². The van der Waals surface area contributed by atoms with Crippen LogP contribution in [-0.2, 0) is 23.8 Å². The van der Waals surface area contributed by atoms with Crippen LogP contribution in [0.4, 0.5) is 0 Å². The highest BCUT2D eigenvalue weighted by molar-refractivity contribution is 5.99. The van der Waals surface area contributed by atoms with Crippen LogP contribution in [0.25, 0.3) is 0 Å². The van der Waals surface area contributed by atoms with Gasteiger partial charge in [0, 0.05) is 6.42 Å². The number of hydrogen-bond donors (Lipinski definition) is 0. The third-order valence-corrected chi connectivity index (χ3v) is 2.82. The van der Waals surface area contributed by atoms with Crippen LogP contribution in [-0.4, -0.2) is 37.4 Å². The van der Waals surface area contributed by atoms with Gasteiger partial charge >= 0.3 is 11.9 Å². The van der Waals surface area contributed by atoms with E-state index in [-0.39, 0.29) is 19.6 Å². The number of epoxide rings is 1. The van der Waals surface area contributed by atoms with E-state index in [4.69, 9.17) is 14.2 Å². The number of carbonyl (C=O) groups is 2. The zero-order valence-electron chi connectivity index (χ0n) is 10.9. The molecule has 1 unspecified atom stereocenters. The Kier molecular flexibility index (Phi) is 4.14. The Hall–Kier alpha value is -1.10. The minimum atomic E-state index is -1.28. The van der Waals surface area contributed by atoms with Gasteiger partial charge in [-0.3, -0.25) is 9.59 Å². The molecule has 17 heavy (non-hydrogen) atoms. The van der Waals surface area contributed by atoms with Gasteiger partial charge in [0.05, 0.1) is 25.4 Å². The molecule has 5 heteroatoms. The summed E-state index contributed by atoms with van der Waals surface area (Å²) in [6.45, 7) is 7.87. The predicted molar refractivity (Wildman–Crippen MR) is 60.3 cm³/mol. The van der Waals surface area contributed by atoms with Crippen molar-refractivity contribution < 1.29 is 23.8 Å². The average Bonchev–Trinajstić information content (AvgIpc) is 2.96. The highest BCUT2D eigenvalue weighted by Crippen LogP contribution is 2.40. The molecule has 5 nitrogen and oxygen atoms in total. The van der Waals surface area contributed by atoms with Crippen molar-refractivity contribution in [2.24, 2.45) is 5.41 Å². The Morgan fingerprint density at radius 1 is 1.24 bits per heavy atom. The molecule has 0 aromatic rings. The molecule has 0 bridgehead atoms. The Bertz CT molecular complexity index is 288. The van der Waals surface area contributed by atoms with Crippen molar-refractivity contribution in [3.63, 3.8) is 0 Å². The topological polar surface area (TPSA) is 65.1 Å². The van der Waals surface area contributed by atoms with Crippen molar-refractivity contribution in [1.29, 1.82) is 0 Å². The van der Waals surface area contributed by atoms with Gasteiger partial charge in [0.25, 0.3) is 0 Å². The molecule has 0 amide bonds. The maximum absolute atomic E-state index is 11.9. The molecule has 0 saturated carbocycles. The van der Waals surface area contributed by atoms with Crippen molar-refractivity contribution in [1.82, 2.24) is 0 Å². The molecule has 0 aromatic carbocycles. The summed E-state index contributed by atoms with van der Waals surface area (Å²) in [7, 11) is 0. The fraction of sp³-hybridized carbons (Fsp3) is 0.833. The Morgan fingerprint density at radius 3 is 1.94 bits per heavy atom. The van der Waals surface area contributed by atoms with Gasteiger partial charge in [-0.1, -0.05) is 0 Å². The van der Waals surface area contributed by atoms with E-state index in [2.05, 4.69) is 0 Å². The zero-order valence-corrected chi connectivity index (χ0v) is 10.9. The number of carbonyl (C=O) groups excluding carboxylic acids is 2. The van der Waals surface area contributed by atoms with Crippen LogP contribution in [0, 0.1) is 5.41 Å². The molecule has 1 rings (SSSR count). The second-order valence-corrected chi connectivity index (χ2v) is 4.69. The van der Waals surface area contributed by atoms with Gasteiger partial charge in [-0.15, -0.1) is 0 Å². The molecule has 0 radical (unpaired) electrons. The van der Waals surface area contributed by atoms with E-state index in [1.165, 1.54) is 0 Å². The lowest BCUT2D eigenvalue weighted by Crippen LogP contribution is -2.42. The largest absolute Gasteiger partial charge is 0.465 e. The maximum Gasteiger partial charge on any atom is 0.323 e. The molecule has 1 aliphatic rings. The van der Waals surface area contributed by atoms with E-state index in [9.17, 15) is 9.59 Å². The third kappa shape index (κ3) is 3.19. The molecule has 1 aliphatic heterocycles. The Balaban J connectivity index is 2.82. The molecule has 1 saturated heterocycles. The van der Waals surface area contributed by atoms with Gasteiger partial charge in [-0.05, 0) is 27.7 Å². The molecule has 0 aliphatic carbocycles. The van der Waals surface area contributed by atoms with Gasteiger partial charge in [-0.2, -0.15) is 0 Å². The zero-order chi connectivity index (χ0) is 13.1. The summed E-state index contributed by atoms with van der Waals surface area (Å²) in [5.74, 6) is -1.09. The van der Waals surface area contributed by atoms with E-state index in [1.807, 2.05) is 6.92 Å². The Labute approximate surface area is 101 Å². The first kappa shape index (κ1) is 14.0. The molecule has 0 aromatic heterocycles. The summed E-state index contributed by atoms with van der Waals surface area (Å²) in [6.07, 6.45) is 0.289. The standard InChI is InChI=1S/C12H20O5/c1-5-15-9(13)12(4,10(14)16-6-2)7-11(3)8-17-11/h5-8H2,1-4H3. The molecule has 1 fully saturated rings. The van der Waals surface area contributed by atoms with Gasteiger partial charge in [-0.25, -0.2) is 0 Å². The fourth-order valence-electron chi connectivity index (χ4n) is 1.78. The summed E-state index contributed by atoms with van der Waals surface area (Å²) in [5, 5.41) is 0. The van der Waals surface area contributed by atoms with Crippen LogP contribution in [0.5, 0.6) is 0 Å². The van der Waals surface area contributed by atoms with Gasteiger partial charge in [0.15, 0.2) is 5.41 Å². The normalized spacial score (nSPS) is 23.1. The minimum absolute atomic E-state index is 0.241. The number of esters is 2. The number of ether oxygens (including phenoxy) is 3. The first-order chi connectivity index (χ1) is 7.88. The summed E-state index contributed by atoms with van der Waals surface area (Å²) < 4.78 is 15.1. The summed E-state index contributed by atoms with van der Waals surface area (Å²) in [5.41, 5.74) is -1.69. The number of hydrogen-bond acceptors (Lipinski definition) is 5. The molecule has 1 heterocycles. The fourth-order valence-corrected chi connectivity index (χ4v) is 1.78. The third-order valence-electron chi connectivity index (χ3n) is 2.82. The Morgan fingerprint density at radius 2 is 1.65 bits per heavy atom. The highest BCUT2D eigenvalue weighted by atomic mass is 16.6. The molecule has 98 valence electrons. The van der Waals surface area contributed by atoms with Crippen molar-refractivity contribution >= 4 is 11.9 Å². The van der Waals surface area contributed by atoms with E-state index in [0.29, 0.717) is 6.61 Å². The summed E-state index contributed by atoms with van der Waals surface area (Å²) >= 11 is 0. The van der Waals surface area contributed by atoms with Gasteiger partial charge in [0.2, 0.25) is 0 Å². The summed E-state index contributed by atoms with van der Waals surface area (Å²) in [4.78, 5) is 23.8. The van der Waals surface area contributed by atoms with Crippen molar-refractivity contribution in [2.45, 2.75) is 39.7 Å². The van der Waals surface area contributed by atoms with Crippen LogP contribution < -0.4 is 0 Å². The molecule has 0 N–H and O–H groups in total. The van der Waals surface area contributed by atoms with E-state index in [0.717, 1.165) is 0 Å². The maximum atomic E-state index is 11.9. The van der Waals surface area contributed by atoms with Crippen LogP contribution >= 0.6 is 0 Å². The lowest BCUT2D eigenvalue weighted by Gasteiger charge is -2.26. The van der Waals surface area contributed by atoms with E-state index in [1.54, 1.807) is 20.8 Å². The predicted octanol–water partition coefficient (Wildman–Crippen LogP) is 1.30. The monoisotopic (exact) mass is 244 g/mol. The first-order valence-corrected chi connectivity index (χ1v) is 5.86. The lowest BCUT2D eigenvalue weighted by atomic mass is 9.81. The van der Waals surface area contributed by atoms with Gasteiger partial charge < -0.3 is 14.2 Å². The molecular weight excluding hydrogens is 224 g/mol.